The first-order chi connectivity index (χ1) is 13.4. The number of carbonyl (C=O) groups is 1. The summed E-state index contributed by atoms with van der Waals surface area (Å²) in [7, 11) is 0. The molecule has 0 aliphatic heterocycles. The summed E-state index contributed by atoms with van der Waals surface area (Å²) in [6, 6.07) is 19.4. The maximum Gasteiger partial charge on any atom is 0.225 e. The van der Waals surface area contributed by atoms with Gasteiger partial charge >= 0.3 is 0 Å². The van der Waals surface area contributed by atoms with E-state index in [9.17, 15) is 4.79 Å². The quantitative estimate of drug-likeness (QED) is 0.487. The Hall–Kier alpha value is -2.29. The number of carbonyl (C=O) groups excluding carboxylic acids is 1. The van der Waals surface area contributed by atoms with E-state index in [1.54, 1.807) is 0 Å². The molecule has 0 aliphatic rings. The average molecular weight is 381 g/mol. The molecule has 2 aromatic rings. The van der Waals surface area contributed by atoms with Crippen LogP contribution < -0.4 is 10.6 Å². The van der Waals surface area contributed by atoms with Crippen molar-refractivity contribution in [2.75, 3.05) is 11.9 Å². The molecule has 0 saturated heterocycles. The second-order valence-electron chi connectivity index (χ2n) is 8.56. The molecule has 0 aromatic heterocycles. The van der Waals surface area contributed by atoms with Gasteiger partial charge in [-0.1, -0.05) is 83.0 Å². The number of rotatable bonds is 10. The molecule has 28 heavy (non-hydrogen) atoms. The minimum atomic E-state index is -0.358. The minimum Gasteiger partial charge on any atom is -0.378 e. The van der Waals surface area contributed by atoms with Crippen LogP contribution in [0, 0.1) is 5.41 Å². The first kappa shape index (κ1) is 22.0. The van der Waals surface area contributed by atoms with E-state index in [4.69, 9.17) is 0 Å². The van der Waals surface area contributed by atoms with Crippen molar-refractivity contribution in [2.45, 2.75) is 65.8 Å². The number of hydrogen-bond acceptors (Lipinski definition) is 2. The van der Waals surface area contributed by atoms with Crippen LogP contribution in [0.25, 0.3) is 0 Å². The molecule has 0 saturated carbocycles. The first-order valence-electron chi connectivity index (χ1n) is 10.6. The van der Waals surface area contributed by atoms with Gasteiger partial charge in [0.1, 0.15) is 0 Å². The van der Waals surface area contributed by atoms with Gasteiger partial charge in [0, 0.05) is 17.6 Å². The molecular formula is C25H36N2O. The fourth-order valence-electron chi connectivity index (χ4n) is 3.15. The van der Waals surface area contributed by atoms with Gasteiger partial charge in [0.05, 0.1) is 6.04 Å². The molecule has 3 nitrogen and oxygen atoms in total. The third kappa shape index (κ3) is 7.38. The minimum absolute atomic E-state index is 0.0933. The standard InChI is InChI=1S/C25H36N2O/c1-5-6-8-11-20-14-16-22(17-15-20)27-23(21-12-9-7-10-13-21)18-19-26-24(28)25(2,3)4/h7,9-10,12-17,23,27H,5-6,8,11,18-19H2,1-4H3,(H,26,28). The molecule has 1 atom stereocenters. The fraction of sp³-hybridized carbons (Fsp3) is 0.480. The smallest absolute Gasteiger partial charge is 0.225 e. The van der Waals surface area contributed by atoms with Crippen molar-refractivity contribution in [2.24, 2.45) is 5.41 Å². The summed E-state index contributed by atoms with van der Waals surface area (Å²) in [5.41, 5.74) is 3.39. The van der Waals surface area contributed by atoms with Crippen LogP contribution in [0.1, 0.15) is 70.5 Å². The molecule has 3 heteroatoms. The van der Waals surface area contributed by atoms with E-state index >= 15 is 0 Å². The highest BCUT2D eigenvalue weighted by molar-refractivity contribution is 5.81. The lowest BCUT2D eigenvalue weighted by Crippen LogP contribution is -2.36. The zero-order chi connectivity index (χ0) is 20.4. The number of anilines is 1. The van der Waals surface area contributed by atoms with E-state index in [0.29, 0.717) is 6.54 Å². The third-order valence-electron chi connectivity index (χ3n) is 4.97. The van der Waals surface area contributed by atoms with E-state index in [2.05, 4.69) is 66.1 Å². The molecule has 0 radical (unpaired) electrons. The third-order valence-corrected chi connectivity index (χ3v) is 4.97. The molecule has 0 bridgehead atoms. The topological polar surface area (TPSA) is 41.1 Å². The van der Waals surface area contributed by atoms with Gasteiger partial charge in [0.25, 0.3) is 0 Å². The number of unbranched alkanes of at least 4 members (excludes halogenated alkanes) is 2. The van der Waals surface area contributed by atoms with Crippen molar-refractivity contribution >= 4 is 11.6 Å². The average Bonchev–Trinajstić information content (AvgIpc) is 2.68. The zero-order valence-electron chi connectivity index (χ0n) is 17.9. The Morgan fingerprint density at radius 1 is 0.964 bits per heavy atom. The Balaban J connectivity index is 1.99. The van der Waals surface area contributed by atoms with Gasteiger partial charge in [0.15, 0.2) is 0 Å². The normalized spacial score (nSPS) is 12.4. The van der Waals surface area contributed by atoms with Crippen molar-refractivity contribution in [3.8, 4) is 0 Å². The van der Waals surface area contributed by atoms with Crippen LogP contribution in [0.3, 0.4) is 0 Å². The van der Waals surface area contributed by atoms with Crippen LogP contribution in [-0.4, -0.2) is 12.5 Å². The van der Waals surface area contributed by atoms with Crippen LogP contribution in [0.4, 0.5) is 5.69 Å². The lowest BCUT2D eigenvalue weighted by Gasteiger charge is -2.23. The molecule has 1 amide bonds. The monoisotopic (exact) mass is 380 g/mol. The van der Waals surface area contributed by atoms with Crippen molar-refractivity contribution in [1.29, 1.82) is 0 Å². The van der Waals surface area contributed by atoms with Crippen LogP contribution in [0.15, 0.2) is 54.6 Å². The molecule has 0 aliphatic carbocycles. The largest absolute Gasteiger partial charge is 0.378 e. The number of amides is 1. The summed E-state index contributed by atoms with van der Waals surface area (Å²) in [6.45, 7) is 8.71. The summed E-state index contributed by atoms with van der Waals surface area (Å²) in [4.78, 5) is 12.2. The molecule has 2 rings (SSSR count). The predicted octanol–water partition coefficient (Wildman–Crippen LogP) is 6.12. The van der Waals surface area contributed by atoms with Crippen LogP contribution in [-0.2, 0) is 11.2 Å². The van der Waals surface area contributed by atoms with E-state index in [1.807, 2.05) is 26.8 Å². The van der Waals surface area contributed by atoms with Gasteiger partial charge in [-0.25, -0.2) is 0 Å². The Kier molecular flexibility index (Phi) is 8.56. The first-order valence-corrected chi connectivity index (χ1v) is 10.6. The summed E-state index contributed by atoms with van der Waals surface area (Å²) < 4.78 is 0. The molecule has 2 aromatic carbocycles. The van der Waals surface area contributed by atoms with E-state index in [1.165, 1.54) is 30.4 Å². The van der Waals surface area contributed by atoms with Crippen LogP contribution in [0.2, 0.25) is 0 Å². The Bertz CT molecular complexity index is 702. The van der Waals surface area contributed by atoms with Crippen molar-refractivity contribution in [3.05, 3.63) is 65.7 Å². The van der Waals surface area contributed by atoms with Gasteiger partial charge in [-0.05, 0) is 42.5 Å². The van der Waals surface area contributed by atoms with E-state index < -0.39 is 0 Å². The van der Waals surface area contributed by atoms with Crippen LogP contribution >= 0.6 is 0 Å². The lowest BCUT2D eigenvalue weighted by atomic mass is 9.95. The maximum atomic E-state index is 12.2. The van der Waals surface area contributed by atoms with Crippen molar-refractivity contribution in [3.63, 3.8) is 0 Å². The summed E-state index contributed by atoms with van der Waals surface area (Å²) in [6.07, 6.45) is 5.78. The van der Waals surface area contributed by atoms with E-state index in [0.717, 1.165) is 18.5 Å². The SMILES string of the molecule is CCCCCc1ccc(NC(CCNC(=O)C(C)(C)C)c2ccccc2)cc1. The summed E-state index contributed by atoms with van der Waals surface area (Å²) in [5.74, 6) is 0.0933. The number of aryl methyl sites for hydroxylation is 1. The van der Waals surface area contributed by atoms with Gasteiger partial charge in [-0.3, -0.25) is 4.79 Å². The molecule has 0 spiro atoms. The molecule has 152 valence electrons. The Labute approximate surface area is 170 Å². The van der Waals surface area contributed by atoms with E-state index in [-0.39, 0.29) is 17.4 Å². The molecule has 0 heterocycles. The fourth-order valence-corrected chi connectivity index (χ4v) is 3.15. The second kappa shape index (κ2) is 10.9. The van der Waals surface area contributed by atoms with Crippen molar-refractivity contribution in [1.82, 2.24) is 5.32 Å². The van der Waals surface area contributed by atoms with Gasteiger partial charge in [-0.15, -0.1) is 0 Å². The summed E-state index contributed by atoms with van der Waals surface area (Å²) >= 11 is 0. The van der Waals surface area contributed by atoms with Gasteiger partial charge in [-0.2, -0.15) is 0 Å². The van der Waals surface area contributed by atoms with Gasteiger partial charge < -0.3 is 10.6 Å². The van der Waals surface area contributed by atoms with Crippen molar-refractivity contribution < 1.29 is 4.79 Å². The summed E-state index contributed by atoms with van der Waals surface area (Å²) in [5, 5.41) is 6.72. The highest BCUT2D eigenvalue weighted by Crippen LogP contribution is 2.23. The van der Waals surface area contributed by atoms with Crippen LogP contribution in [0.5, 0.6) is 0 Å². The second-order valence-corrected chi connectivity index (χ2v) is 8.56. The molecule has 1 unspecified atom stereocenters. The van der Waals surface area contributed by atoms with Gasteiger partial charge in [0.2, 0.25) is 5.91 Å². The number of benzene rings is 2. The highest BCUT2D eigenvalue weighted by atomic mass is 16.2. The Morgan fingerprint density at radius 2 is 1.64 bits per heavy atom. The maximum absolute atomic E-state index is 12.2. The predicted molar refractivity (Wildman–Crippen MR) is 120 cm³/mol. The Morgan fingerprint density at radius 3 is 2.25 bits per heavy atom. The lowest BCUT2D eigenvalue weighted by molar-refractivity contribution is -0.128. The molecule has 2 N–H and O–H groups in total. The molecular weight excluding hydrogens is 344 g/mol. The molecule has 0 fully saturated rings. The highest BCUT2D eigenvalue weighted by Gasteiger charge is 2.21. The number of hydrogen-bond donors (Lipinski definition) is 2. The number of nitrogens with one attached hydrogen (secondary N) is 2. The zero-order valence-corrected chi connectivity index (χ0v) is 17.9.